The van der Waals surface area contributed by atoms with Crippen LogP contribution >= 0.6 is 15.9 Å². The van der Waals surface area contributed by atoms with E-state index in [1.807, 2.05) is 13.8 Å². The summed E-state index contributed by atoms with van der Waals surface area (Å²) in [7, 11) is -3.57. The number of piperidine rings is 1. The maximum absolute atomic E-state index is 12.9. The number of hydrogen-bond acceptors (Lipinski definition) is 4. The number of benzene rings is 1. The van der Waals surface area contributed by atoms with Gasteiger partial charge in [0, 0.05) is 23.6 Å². The highest BCUT2D eigenvalue weighted by Crippen LogP contribution is 2.32. The molecule has 1 saturated heterocycles. The SMILES string of the molecule is CCOc1ccc(Br)cc1S(=O)(=O)N1CCC(N)C(C)C1. The molecule has 0 aromatic heterocycles. The summed E-state index contributed by atoms with van der Waals surface area (Å²) in [6.07, 6.45) is 0.679. The van der Waals surface area contributed by atoms with Crippen molar-refractivity contribution in [3.8, 4) is 5.75 Å². The zero-order chi connectivity index (χ0) is 15.6. The number of nitrogens with zero attached hydrogens (tertiary/aromatic N) is 1. The van der Waals surface area contributed by atoms with Crippen molar-refractivity contribution >= 4 is 26.0 Å². The summed E-state index contributed by atoms with van der Waals surface area (Å²) in [4.78, 5) is 0.210. The molecule has 2 rings (SSSR count). The molecule has 0 amide bonds. The Morgan fingerprint density at radius 2 is 2.19 bits per heavy atom. The lowest BCUT2D eigenvalue weighted by atomic mass is 9.96. The van der Waals surface area contributed by atoms with E-state index >= 15 is 0 Å². The Morgan fingerprint density at radius 3 is 2.81 bits per heavy atom. The Balaban J connectivity index is 2.37. The number of nitrogens with two attached hydrogens (primary N) is 1. The van der Waals surface area contributed by atoms with Crippen LogP contribution in [-0.4, -0.2) is 38.5 Å². The van der Waals surface area contributed by atoms with Gasteiger partial charge in [0.05, 0.1) is 6.61 Å². The number of ether oxygens (including phenoxy) is 1. The van der Waals surface area contributed by atoms with Gasteiger partial charge in [0.1, 0.15) is 10.6 Å². The van der Waals surface area contributed by atoms with E-state index in [1.165, 1.54) is 4.31 Å². The molecule has 5 nitrogen and oxygen atoms in total. The van der Waals surface area contributed by atoms with Gasteiger partial charge in [-0.25, -0.2) is 8.42 Å². The van der Waals surface area contributed by atoms with Gasteiger partial charge in [-0.2, -0.15) is 4.31 Å². The molecular formula is C14H21BrN2O3S. The van der Waals surface area contributed by atoms with Crippen molar-refractivity contribution < 1.29 is 13.2 Å². The van der Waals surface area contributed by atoms with Crippen LogP contribution < -0.4 is 10.5 Å². The molecule has 0 spiro atoms. The van der Waals surface area contributed by atoms with E-state index in [2.05, 4.69) is 15.9 Å². The Labute approximate surface area is 134 Å². The normalized spacial score (nSPS) is 24.0. The van der Waals surface area contributed by atoms with Crippen LogP contribution in [0.5, 0.6) is 5.75 Å². The summed E-state index contributed by atoms with van der Waals surface area (Å²) < 4.78 is 33.4. The van der Waals surface area contributed by atoms with Gasteiger partial charge in [-0.3, -0.25) is 0 Å². The van der Waals surface area contributed by atoms with E-state index in [4.69, 9.17) is 10.5 Å². The fraction of sp³-hybridized carbons (Fsp3) is 0.571. The predicted octanol–water partition coefficient (Wildman–Crippen LogP) is 2.21. The van der Waals surface area contributed by atoms with Crippen molar-refractivity contribution in [3.05, 3.63) is 22.7 Å². The molecule has 2 atom stereocenters. The molecule has 1 fully saturated rings. The maximum atomic E-state index is 12.9. The zero-order valence-electron chi connectivity index (χ0n) is 12.3. The number of halogens is 1. The predicted molar refractivity (Wildman–Crippen MR) is 85.8 cm³/mol. The fourth-order valence-corrected chi connectivity index (χ4v) is 4.67. The number of sulfonamides is 1. The maximum Gasteiger partial charge on any atom is 0.246 e. The third-order valence-electron chi connectivity index (χ3n) is 3.76. The monoisotopic (exact) mass is 376 g/mol. The minimum absolute atomic E-state index is 0.0605. The summed E-state index contributed by atoms with van der Waals surface area (Å²) in [5.41, 5.74) is 5.97. The molecule has 1 aliphatic rings. The largest absolute Gasteiger partial charge is 0.492 e. The second kappa shape index (κ2) is 6.64. The van der Waals surface area contributed by atoms with Crippen LogP contribution in [0.2, 0.25) is 0 Å². The summed E-state index contributed by atoms with van der Waals surface area (Å²) in [5, 5.41) is 0. The molecule has 2 unspecified atom stereocenters. The van der Waals surface area contributed by atoms with Crippen molar-refractivity contribution in [2.45, 2.75) is 31.2 Å². The molecular weight excluding hydrogens is 356 g/mol. The molecule has 7 heteroatoms. The van der Waals surface area contributed by atoms with Gasteiger partial charge in [-0.15, -0.1) is 0 Å². The average molecular weight is 377 g/mol. The number of rotatable bonds is 4. The first-order valence-electron chi connectivity index (χ1n) is 7.04. The van der Waals surface area contributed by atoms with Gasteiger partial charge >= 0.3 is 0 Å². The second-order valence-corrected chi connectivity index (χ2v) is 8.14. The van der Waals surface area contributed by atoms with Gasteiger partial charge in [-0.1, -0.05) is 22.9 Å². The molecule has 0 saturated carbocycles. The van der Waals surface area contributed by atoms with E-state index < -0.39 is 10.0 Å². The highest BCUT2D eigenvalue weighted by molar-refractivity contribution is 9.10. The minimum Gasteiger partial charge on any atom is -0.492 e. The Bertz CT molecular complexity index is 606. The summed E-state index contributed by atoms with van der Waals surface area (Å²) >= 11 is 3.33. The second-order valence-electron chi connectivity index (χ2n) is 5.32. The average Bonchev–Trinajstić information content (AvgIpc) is 2.44. The number of hydrogen-bond donors (Lipinski definition) is 1. The van der Waals surface area contributed by atoms with E-state index in [0.29, 0.717) is 36.3 Å². The molecule has 0 aliphatic carbocycles. The van der Waals surface area contributed by atoms with Crippen LogP contribution in [-0.2, 0) is 10.0 Å². The highest BCUT2D eigenvalue weighted by Gasteiger charge is 2.33. The lowest BCUT2D eigenvalue weighted by Crippen LogP contribution is -2.48. The van der Waals surface area contributed by atoms with Crippen molar-refractivity contribution in [2.24, 2.45) is 11.7 Å². The van der Waals surface area contributed by atoms with Gasteiger partial charge < -0.3 is 10.5 Å². The third-order valence-corrected chi connectivity index (χ3v) is 6.14. The van der Waals surface area contributed by atoms with E-state index in [-0.39, 0.29) is 16.9 Å². The lowest BCUT2D eigenvalue weighted by molar-refractivity contribution is 0.249. The zero-order valence-corrected chi connectivity index (χ0v) is 14.7. The van der Waals surface area contributed by atoms with Crippen LogP contribution in [0.15, 0.2) is 27.6 Å². The Kier molecular flexibility index (Phi) is 5.29. The van der Waals surface area contributed by atoms with E-state index in [0.717, 1.165) is 0 Å². The quantitative estimate of drug-likeness (QED) is 0.873. The Hall–Kier alpha value is -0.630. The molecule has 1 aromatic carbocycles. The van der Waals surface area contributed by atoms with Crippen LogP contribution in [0.4, 0.5) is 0 Å². The summed E-state index contributed by atoms with van der Waals surface area (Å²) in [6, 6.07) is 5.11. The highest BCUT2D eigenvalue weighted by atomic mass is 79.9. The molecule has 0 bridgehead atoms. The first-order valence-corrected chi connectivity index (χ1v) is 9.27. The van der Waals surface area contributed by atoms with Gasteiger partial charge in [0.2, 0.25) is 10.0 Å². The van der Waals surface area contributed by atoms with Gasteiger partial charge in [-0.05, 0) is 37.5 Å². The van der Waals surface area contributed by atoms with Crippen molar-refractivity contribution in [1.82, 2.24) is 4.31 Å². The first-order chi connectivity index (χ1) is 9.86. The molecule has 1 aliphatic heterocycles. The minimum atomic E-state index is -3.57. The molecule has 2 N–H and O–H groups in total. The van der Waals surface area contributed by atoms with E-state index in [1.54, 1.807) is 18.2 Å². The van der Waals surface area contributed by atoms with Gasteiger partial charge in [0.25, 0.3) is 0 Å². The van der Waals surface area contributed by atoms with Crippen molar-refractivity contribution in [1.29, 1.82) is 0 Å². The molecule has 1 heterocycles. The smallest absolute Gasteiger partial charge is 0.246 e. The van der Waals surface area contributed by atoms with Crippen LogP contribution in [0, 0.1) is 5.92 Å². The molecule has 118 valence electrons. The van der Waals surface area contributed by atoms with Crippen LogP contribution in [0.25, 0.3) is 0 Å². The van der Waals surface area contributed by atoms with E-state index in [9.17, 15) is 8.42 Å². The van der Waals surface area contributed by atoms with Crippen LogP contribution in [0.1, 0.15) is 20.3 Å². The van der Waals surface area contributed by atoms with Crippen molar-refractivity contribution in [3.63, 3.8) is 0 Å². The molecule has 21 heavy (non-hydrogen) atoms. The van der Waals surface area contributed by atoms with Crippen molar-refractivity contribution in [2.75, 3.05) is 19.7 Å². The third kappa shape index (κ3) is 3.59. The lowest BCUT2D eigenvalue weighted by Gasteiger charge is -2.34. The Morgan fingerprint density at radius 1 is 1.48 bits per heavy atom. The topological polar surface area (TPSA) is 72.6 Å². The molecule has 0 radical (unpaired) electrons. The summed E-state index contributed by atoms with van der Waals surface area (Å²) in [5.74, 6) is 0.541. The molecule has 1 aromatic rings. The summed E-state index contributed by atoms with van der Waals surface area (Å²) in [6.45, 7) is 5.13. The van der Waals surface area contributed by atoms with Gasteiger partial charge in [0.15, 0.2) is 0 Å². The fourth-order valence-electron chi connectivity index (χ4n) is 2.44. The van der Waals surface area contributed by atoms with Crippen LogP contribution in [0.3, 0.4) is 0 Å². The first kappa shape index (κ1) is 16.7. The standard InChI is InChI=1S/C14H21BrN2O3S/c1-3-20-13-5-4-11(15)8-14(13)21(18,19)17-7-6-12(16)10(2)9-17/h4-5,8,10,12H,3,6-7,9,16H2,1-2H3.